The summed E-state index contributed by atoms with van der Waals surface area (Å²) < 4.78 is 44.3. The van der Waals surface area contributed by atoms with Crippen LogP contribution in [-0.4, -0.2) is 25.5 Å². The van der Waals surface area contributed by atoms with Gasteiger partial charge in [0.1, 0.15) is 11.6 Å². The van der Waals surface area contributed by atoms with Crippen LogP contribution in [0, 0.1) is 6.92 Å². The van der Waals surface area contributed by atoms with Crippen LogP contribution in [0.25, 0.3) is 5.69 Å². The van der Waals surface area contributed by atoms with Gasteiger partial charge in [-0.05, 0) is 19.1 Å². The molecule has 0 fully saturated rings. The van der Waals surface area contributed by atoms with Gasteiger partial charge < -0.3 is 13.9 Å². The average Bonchev–Trinajstić information content (AvgIpc) is 3.08. The Balaban J connectivity index is 1.80. The number of nitrogens with zero attached hydrogens (tertiary/aromatic N) is 4. The van der Waals surface area contributed by atoms with E-state index in [1.54, 1.807) is 29.4 Å². The molecule has 2 aromatic heterocycles. The third-order valence-electron chi connectivity index (χ3n) is 3.24. The van der Waals surface area contributed by atoms with Crippen LogP contribution >= 0.6 is 0 Å². The Morgan fingerprint density at radius 3 is 2.74 bits per heavy atom. The van der Waals surface area contributed by atoms with E-state index in [9.17, 15) is 13.2 Å². The zero-order chi connectivity index (χ0) is 16.4. The fourth-order valence-corrected chi connectivity index (χ4v) is 2.17. The van der Waals surface area contributed by atoms with Gasteiger partial charge >= 0.3 is 6.36 Å². The molecule has 0 atom stereocenters. The van der Waals surface area contributed by atoms with Crippen LogP contribution in [0.1, 0.15) is 11.5 Å². The second kappa shape index (κ2) is 5.79. The highest BCUT2D eigenvalue weighted by molar-refractivity contribution is 5.39. The summed E-state index contributed by atoms with van der Waals surface area (Å²) in [5.41, 5.74) is 1.31. The van der Waals surface area contributed by atoms with Crippen LogP contribution in [-0.2, 0) is 6.54 Å². The van der Waals surface area contributed by atoms with Crippen molar-refractivity contribution in [1.29, 1.82) is 0 Å². The van der Waals surface area contributed by atoms with E-state index in [1.807, 2.05) is 17.7 Å². The molecule has 0 radical (unpaired) electrons. The normalized spacial score (nSPS) is 11.7. The molecule has 2 heterocycles. The molecular formula is C15H13F3N4O. The van der Waals surface area contributed by atoms with Gasteiger partial charge in [-0.15, -0.1) is 13.2 Å². The molecule has 0 saturated carbocycles. The van der Waals surface area contributed by atoms with Gasteiger partial charge in [0, 0.05) is 24.7 Å². The van der Waals surface area contributed by atoms with Gasteiger partial charge in [-0.2, -0.15) is 0 Å². The molecule has 0 aliphatic heterocycles. The second-order valence-electron chi connectivity index (χ2n) is 4.92. The van der Waals surface area contributed by atoms with Crippen molar-refractivity contribution in [3.8, 4) is 11.4 Å². The summed E-state index contributed by atoms with van der Waals surface area (Å²) in [7, 11) is 0. The number of hydrogen-bond acceptors (Lipinski definition) is 3. The van der Waals surface area contributed by atoms with Gasteiger partial charge in [-0.25, -0.2) is 9.97 Å². The van der Waals surface area contributed by atoms with Gasteiger partial charge in [0.15, 0.2) is 0 Å². The summed E-state index contributed by atoms with van der Waals surface area (Å²) in [6.07, 6.45) is 2.13. The zero-order valence-corrected chi connectivity index (χ0v) is 12.2. The van der Waals surface area contributed by atoms with E-state index in [0.29, 0.717) is 12.2 Å². The van der Waals surface area contributed by atoms with Crippen molar-refractivity contribution >= 4 is 0 Å². The quantitative estimate of drug-likeness (QED) is 0.740. The maximum Gasteiger partial charge on any atom is 0.573 e. The first kappa shape index (κ1) is 15.1. The predicted molar refractivity (Wildman–Crippen MR) is 76.3 cm³/mol. The molecule has 0 aliphatic rings. The van der Waals surface area contributed by atoms with Gasteiger partial charge in [-0.3, -0.25) is 0 Å². The molecule has 120 valence electrons. The molecule has 0 spiro atoms. The minimum atomic E-state index is -4.71. The number of ether oxygens (including phenoxy) is 1. The molecule has 0 amide bonds. The number of hydrogen-bond donors (Lipinski definition) is 0. The Kier molecular flexibility index (Phi) is 3.81. The number of imidazole rings is 2. The molecule has 0 saturated heterocycles. The number of aryl methyl sites for hydroxylation is 1. The SMILES string of the molecule is Cc1nccn1Cc1cn(-c2cccc(OC(F)(F)F)c2)cn1. The lowest BCUT2D eigenvalue weighted by molar-refractivity contribution is -0.274. The first-order chi connectivity index (χ1) is 10.9. The molecule has 0 aliphatic carbocycles. The molecule has 0 unspecified atom stereocenters. The minimum absolute atomic E-state index is 0.268. The van der Waals surface area contributed by atoms with Gasteiger partial charge in [-0.1, -0.05) is 6.07 Å². The van der Waals surface area contributed by atoms with Crippen LogP contribution < -0.4 is 4.74 Å². The smallest absolute Gasteiger partial charge is 0.406 e. The first-order valence-electron chi connectivity index (χ1n) is 6.77. The van der Waals surface area contributed by atoms with Gasteiger partial charge in [0.2, 0.25) is 0 Å². The molecule has 23 heavy (non-hydrogen) atoms. The largest absolute Gasteiger partial charge is 0.573 e. The highest BCUT2D eigenvalue weighted by atomic mass is 19.4. The highest BCUT2D eigenvalue weighted by Gasteiger charge is 2.31. The van der Waals surface area contributed by atoms with Crippen molar-refractivity contribution in [2.24, 2.45) is 0 Å². The van der Waals surface area contributed by atoms with Crippen LogP contribution in [0.3, 0.4) is 0 Å². The van der Waals surface area contributed by atoms with Crippen LogP contribution in [0.4, 0.5) is 13.2 Å². The van der Waals surface area contributed by atoms with Crippen molar-refractivity contribution in [2.75, 3.05) is 0 Å². The van der Waals surface area contributed by atoms with Crippen molar-refractivity contribution in [1.82, 2.24) is 19.1 Å². The number of rotatable bonds is 4. The number of benzene rings is 1. The van der Waals surface area contributed by atoms with E-state index in [-0.39, 0.29) is 5.75 Å². The standard InChI is InChI=1S/C15H13F3N4O/c1-11-19-5-6-21(11)8-12-9-22(10-20-12)13-3-2-4-14(7-13)23-15(16,17)18/h2-7,9-10H,8H2,1H3. The van der Waals surface area contributed by atoms with E-state index in [4.69, 9.17) is 0 Å². The van der Waals surface area contributed by atoms with Crippen LogP contribution in [0.5, 0.6) is 5.75 Å². The lowest BCUT2D eigenvalue weighted by Crippen LogP contribution is -2.17. The van der Waals surface area contributed by atoms with E-state index in [2.05, 4.69) is 14.7 Å². The Labute approximate surface area is 130 Å². The monoisotopic (exact) mass is 322 g/mol. The van der Waals surface area contributed by atoms with E-state index in [1.165, 1.54) is 18.2 Å². The van der Waals surface area contributed by atoms with Crippen molar-refractivity contribution in [2.45, 2.75) is 19.8 Å². The third kappa shape index (κ3) is 3.71. The number of alkyl halides is 3. The van der Waals surface area contributed by atoms with E-state index < -0.39 is 6.36 Å². The van der Waals surface area contributed by atoms with E-state index in [0.717, 1.165) is 11.5 Å². The number of aromatic nitrogens is 4. The van der Waals surface area contributed by atoms with Crippen molar-refractivity contribution in [3.05, 3.63) is 60.7 Å². The van der Waals surface area contributed by atoms with Crippen molar-refractivity contribution < 1.29 is 17.9 Å². The summed E-state index contributed by atoms with van der Waals surface area (Å²) in [5.74, 6) is 0.593. The van der Waals surface area contributed by atoms with E-state index >= 15 is 0 Å². The summed E-state index contributed by atoms with van der Waals surface area (Å²) in [4.78, 5) is 8.39. The molecule has 3 aromatic rings. The average molecular weight is 322 g/mol. The topological polar surface area (TPSA) is 44.9 Å². The third-order valence-corrected chi connectivity index (χ3v) is 3.24. The van der Waals surface area contributed by atoms with Gasteiger partial charge in [0.25, 0.3) is 0 Å². The van der Waals surface area contributed by atoms with Crippen molar-refractivity contribution in [3.63, 3.8) is 0 Å². The molecule has 8 heteroatoms. The second-order valence-corrected chi connectivity index (χ2v) is 4.92. The summed E-state index contributed by atoms with van der Waals surface area (Å²) in [6.45, 7) is 2.42. The Morgan fingerprint density at radius 1 is 1.22 bits per heavy atom. The zero-order valence-electron chi connectivity index (χ0n) is 12.2. The molecule has 1 aromatic carbocycles. The fraction of sp³-hybridized carbons (Fsp3) is 0.200. The summed E-state index contributed by atoms with van der Waals surface area (Å²) in [6, 6.07) is 5.73. The molecule has 0 bridgehead atoms. The molecule has 3 rings (SSSR count). The van der Waals surface area contributed by atoms with Crippen LogP contribution in [0.15, 0.2) is 49.2 Å². The molecule has 0 N–H and O–H groups in total. The molecule has 5 nitrogen and oxygen atoms in total. The highest BCUT2D eigenvalue weighted by Crippen LogP contribution is 2.24. The lowest BCUT2D eigenvalue weighted by atomic mass is 10.3. The minimum Gasteiger partial charge on any atom is -0.406 e. The first-order valence-corrected chi connectivity index (χ1v) is 6.77. The fourth-order valence-electron chi connectivity index (χ4n) is 2.17. The van der Waals surface area contributed by atoms with Gasteiger partial charge in [0.05, 0.1) is 24.3 Å². The van der Waals surface area contributed by atoms with Crippen LogP contribution in [0.2, 0.25) is 0 Å². The lowest BCUT2D eigenvalue weighted by Gasteiger charge is -2.10. The Hall–Kier alpha value is -2.77. The number of halogens is 3. The maximum atomic E-state index is 12.3. The Bertz CT molecular complexity index is 807. The Morgan fingerprint density at radius 2 is 2.04 bits per heavy atom. The molecular weight excluding hydrogens is 309 g/mol. The predicted octanol–water partition coefficient (Wildman–Crippen LogP) is 3.32. The summed E-state index contributed by atoms with van der Waals surface area (Å²) >= 11 is 0. The summed E-state index contributed by atoms with van der Waals surface area (Å²) in [5, 5.41) is 0. The maximum absolute atomic E-state index is 12.3.